The Morgan fingerprint density at radius 3 is 3.00 bits per heavy atom. The fourth-order valence-electron chi connectivity index (χ4n) is 1.02. The molecule has 0 N–H and O–H groups in total. The molecule has 13 heavy (non-hydrogen) atoms. The largest absolute Gasteiger partial charge is 0.555 e. The van der Waals surface area contributed by atoms with Crippen molar-refractivity contribution in [3.8, 4) is 5.88 Å². The van der Waals surface area contributed by atoms with Crippen molar-refractivity contribution in [1.82, 2.24) is 9.78 Å². The van der Waals surface area contributed by atoms with E-state index in [2.05, 4.69) is 5.10 Å². The van der Waals surface area contributed by atoms with E-state index >= 15 is 0 Å². The van der Waals surface area contributed by atoms with E-state index in [0.717, 1.165) is 0 Å². The topological polar surface area (TPSA) is 53.4 Å². The molecule has 70 valence electrons. The Morgan fingerprint density at radius 2 is 2.46 bits per heavy atom. The molecule has 0 aromatic carbocycles. The first-order valence-corrected chi connectivity index (χ1v) is 3.93. The molecule has 5 nitrogen and oxygen atoms in total. The Morgan fingerprint density at radius 1 is 1.77 bits per heavy atom. The minimum atomic E-state index is -0.410. The highest BCUT2D eigenvalue weighted by atomic mass is 16.5. The van der Waals surface area contributed by atoms with Crippen molar-refractivity contribution in [2.75, 3.05) is 6.61 Å². The molecular formula is C7H11BN2O3. The Hall–Kier alpha value is -1.46. The molecule has 1 aromatic heterocycles. The summed E-state index contributed by atoms with van der Waals surface area (Å²) >= 11 is 0. The third kappa shape index (κ3) is 1.82. The first-order valence-electron chi connectivity index (χ1n) is 3.93. The summed E-state index contributed by atoms with van der Waals surface area (Å²) in [5.41, 5.74) is 0.354. The highest BCUT2D eigenvalue weighted by Crippen LogP contribution is 2.16. The molecule has 0 spiro atoms. The number of carbonyl (C=O) groups excluding carboxylic acids is 1. The molecule has 0 amide bonds. The van der Waals surface area contributed by atoms with E-state index in [9.17, 15) is 4.79 Å². The van der Waals surface area contributed by atoms with Gasteiger partial charge in [-0.3, -0.25) is 0 Å². The number of carbonyl (C=O) groups is 1. The van der Waals surface area contributed by atoms with Crippen LogP contribution in [0.15, 0.2) is 6.20 Å². The van der Waals surface area contributed by atoms with Gasteiger partial charge in [0.15, 0.2) is 0 Å². The van der Waals surface area contributed by atoms with E-state index in [-0.39, 0.29) is 0 Å². The molecular weight excluding hydrogens is 171 g/mol. The minimum Gasteiger partial charge on any atom is -0.555 e. The first-order chi connectivity index (χ1) is 6.20. The highest BCUT2D eigenvalue weighted by molar-refractivity contribution is 6.01. The molecule has 0 aliphatic carbocycles. The second kappa shape index (κ2) is 3.98. The lowest BCUT2D eigenvalue weighted by molar-refractivity contribution is 0.0524. The van der Waals surface area contributed by atoms with Crippen molar-refractivity contribution in [2.24, 2.45) is 7.05 Å². The summed E-state index contributed by atoms with van der Waals surface area (Å²) in [6.45, 7) is 2.09. The molecule has 0 unspecified atom stereocenters. The lowest BCUT2D eigenvalue weighted by atomic mass is 10.3. The molecule has 0 atom stereocenters. The van der Waals surface area contributed by atoms with Crippen LogP contribution in [-0.4, -0.2) is 30.4 Å². The monoisotopic (exact) mass is 182 g/mol. The van der Waals surface area contributed by atoms with Crippen LogP contribution in [0.3, 0.4) is 0 Å². The molecule has 0 fully saturated rings. The Balaban J connectivity index is 2.93. The smallest absolute Gasteiger partial charge is 0.345 e. The third-order valence-electron chi connectivity index (χ3n) is 1.57. The van der Waals surface area contributed by atoms with Crippen molar-refractivity contribution < 1.29 is 14.2 Å². The van der Waals surface area contributed by atoms with E-state index in [4.69, 9.17) is 9.39 Å². The van der Waals surface area contributed by atoms with Crippen molar-refractivity contribution in [3.05, 3.63) is 11.8 Å². The predicted molar refractivity (Wildman–Crippen MR) is 48.3 cm³/mol. The van der Waals surface area contributed by atoms with Gasteiger partial charge in [-0.1, -0.05) is 0 Å². The second-order valence-corrected chi connectivity index (χ2v) is 2.41. The number of hydrogen-bond acceptors (Lipinski definition) is 4. The van der Waals surface area contributed by atoms with Gasteiger partial charge in [-0.05, 0) is 6.92 Å². The minimum absolute atomic E-state index is 0.344. The van der Waals surface area contributed by atoms with Gasteiger partial charge in [0.05, 0.1) is 12.8 Å². The Bertz CT molecular complexity index is 311. The zero-order valence-corrected chi connectivity index (χ0v) is 7.90. The molecule has 0 aliphatic heterocycles. The Labute approximate surface area is 77.1 Å². The molecule has 1 heterocycles. The van der Waals surface area contributed by atoms with Gasteiger partial charge in [0.1, 0.15) is 5.56 Å². The summed E-state index contributed by atoms with van der Waals surface area (Å²) in [7, 11) is 3.18. The average molecular weight is 182 g/mol. The van der Waals surface area contributed by atoms with Gasteiger partial charge in [0.25, 0.3) is 0 Å². The van der Waals surface area contributed by atoms with Crippen LogP contribution in [0.4, 0.5) is 0 Å². The number of esters is 1. The summed E-state index contributed by atoms with van der Waals surface area (Å²) in [6, 6.07) is 0. The van der Waals surface area contributed by atoms with Gasteiger partial charge in [-0.15, -0.1) is 0 Å². The Kier molecular flexibility index (Phi) is 2.95. The molecule has 1 rings (SSSR count). The van der Waals surface area contributed by atoms with Gasteiger partial charge in [-0.2, -0.15) is 5.10 Å². The molecule has 0 radical (unpaired) electrons. The van der Waals surface area contributed by atoms with E-state index in [1.807, 2.05) is 0 Å². The van der Waals surface area contributed by atoms with Gasteiger partial charge < -0.3 is 9.39 Å². The van der Waals surface area contributed by atoms with Crippen LogP contribution in [0.2, 0.25) is 0 Å². The van der Waals surface area contributed by atoms with Crippen molar-refractivity contribution >= 4 is 14.0 Å². The van der Waals surface area contributed by atoms with Gasteiger partial charge in [-0.25, -0.2) is 9.48 Å². The third-order valence-corrected chi connectivity index (χ3v) is 1.57. The van der Waals surface area contributed by atoms with Crippen molar-refractivity contribution in [3.63, 3.8) is 0 Å². The summed E-state index contributed by atoms with van der Waals surface area (Å²) < 4.78 is 11.3. The maximum Gasteiger partial charge on any atom is 0.345 e. The number of ether oxygens (including phenoxy) is 1. The second-order valence-electron chi connectivity index (χ2n) is 2.41. The maximum absolute atomic E-state index is 11.3. The standard InChI is InChI=1S/C7H11BN2O3/c1-3-12-7(11)5-4-9-10(2)6(5)13-8/h4H,3,8H2,1-2H3. The van der Waals surface area contributed by atoms with Crippen LogP contribution in [-0.2, 0) is 11.8 Å². The fourth-order valence-corrected chi connectivity index (χ4v) is 1.02. The summed E-state index contributed by atoms with van der Waals surface area (Å²) in [4.78, 5) is 11.3. The van der Waals surface area contributed by atoms with Crippen LogP contribution in [0, 0.1) is 0 Å². The summed E-state index contributed by atoms with van der Waals surface area (Å²) in [5.74, 6) is 0.00546. The highest BCUT2D eigenvalue weighted by Gasteiger charge is 2.16. The lowest BCUT2D eigenvalue weighted by Crippen LogP contribution is -2.06. The van der Waals surface area contributed by atoms with Gasteiger partial charge in [0, 0.05) is 7.05 Å². The normalized spacial score (nSPS) is 9.69. The van der Waals surface area contributed by atoms with E-state index in [0.29, 0.717) is 18.1 Å². The quantitative estimate of drug-likeness (QED) is 0.468. The van der Waals surface area contributed by atoms with Crippen LogP contribution in [0.1, 0.15) is 17.3 Å². The van der Waals surface area contributed by atoms with Crippen LogP contribution in [0.5, 0.6) is 5.88 Å². The number of nitrogens with zero attached hydrogens (tertiary/aromatic N) is 2. The maximum atomic E-state index is 11.3. The first kappa shape index (κ1) is 9.63. The molecule has 0 bridgehead atoms. The van der Waals surface area contributed by atoms with E-state index in [1.54, 1.807) is 14.0 Å². The molecule has 6 heteroatoms. The van der Waals surface area contributed by atoms with Gasteiger partial charge >= 0.3 is 14.0 Å². The number of rotatable bonds is 3. The van der Waals surface area contributed by atoms with Crippen molar-refractivity contribution in [1.29, 1.82) is 0 Å². The fraction of sp³-hybridized carbons (Fsp3) is 0.429. The molecule has 0 saturated heterocycles. The predicted octanol–water partition coefficient (Wildman–Crippen LogP) is -0.476. The lowest BCUT2D eigenvalue weighted by Gasteiger charge is -2.03. The summed E-state index contributed by atoms with van der Waals surface area (Å²) in [5, 5.41) is 3.88. The average Bonchev–Trinajstić information content (AvgIpc) is 2.47. The number of aryl methyl sites for hydroxylation is 1. The molecule has 0 saturated carbocycles. The zero-order valence-electron chi connectivity index (χ0n) is 7.90. The SMILES string of the molecule is BOc1c(C(=O)OCC)cnn1C. The van der Waals surface area contributed by atoms with Gasteiger partial charge in [0.2, 0.25) is 5.88 Å². The number of aromatic nitrogens is 2. The van der Waals surface area contributed by atoms with Crippen molar-refractivity contribution in [2.45, 2.75) is 6.92 Å². The number of hydrogen-bond donors (Lipinski definition) is 0. The molecule has 0 aliphatic rings. The van der Waals surface area contributed by atoms with Crippen LogP contribution >= 0.6 is 0 Å². The zero-order chi connectivity index (χ0) is 9.84. The van der Waals surface area contributed by atoms with Crippen LogP contribution < -0.4 is 4.65 Å². The molecule has 1 aromatic rings. The van der Waals surface area contributed by atoms with E-state index < -0.39 is 5.97 Å². The summed E-state index contributed by atoms with van der Waals surface area (Å²) in [6.07, 6.45) is 1.43. The van der Waals surface area contributed by atoms with Crippen LogP contribution in [0.25, 0.3) is 0 Å². The van der Waals surface area contributed by atoms with E-state index in [1.165, 1.54) is 18.9 Å².